The van der Waals surface area contributed by atoms with E-state index < -0.39 is 5.56 Å². The van der Waals surface area contributed by atoms with Gasteiger partial charge in [-0.1, -0.05) is 0 Å². The molecule has 8 nitrogen and oxygen atoms in total. The highest BCUT2D eigenvalue weighted by atomic mass is 16.5. The molecular weight excluding hydrogens is 324 g/mol. The summed E-state index contributed by atoms with van der Waals surface area (Å²) in [6.45, 7) is 4.10. The van der Waals surface area contributed by atoms with Gasteiger partial charge in [-0.2, -0.15) is 5.10 Å². The van der Waals surface area contributed by atoms with Gasteiger partial charge in [0, 0.05) is 36.7 Å². The molecule has 3 rings (SSSR count). The third-order valence-electron chi connectivity index (χ3n) is 4.64. The number of pyridine rings is 1. The van der Waals surface area contributed by atoms with Crippen LogP contribution in [0.4, 0.5) is 0 Å². The summed E-state index contributed by atoms with van der Waals surface area (Å²) in [7, 11) is 1.86. The number of hydrogen-bond donors (Lipinski definition) is 2. The minimum Gasteiger partial charge on any atom is -0.508 e. The smallest absolute Gasteiger partial charge is 0.254 e. The Labute approximate surface area is 145 Å². The van der Waals surface area contributed by atoms with Gasteiger partial charge in [-0.25, -0.2) is 0 Å². The van der Waals surface area contributed by atoms with Crippen molar-refractivity contribution in [2.75, 3.05) is 6.61 Å². The summed E-state index contributed by atoms with van der Waals surface area (Å²) in [5.74, 6) is -0.367. The molecule has 0 bridgehead atoms. The number of aromatic hydroxyl groups is 1. The van der Waals surface area contributed by atoms with E-state index in [-0.39, 0.29) is 30.3 Å². The summed E-state index contributed by atoms with van der Waals surface area (Å²) in [5.41, 5.74) is 2.08. The number of aromatic nitrogens is 3. The number of hydrogen-bond acceptors (Lipinski definition) is 5. The van der Waals surface area contributed by atoms with Gasteiger partial charge in [-0.15, -0.1) is 0 Å². The molecule has 3 heterocycles. The molecule has 0 aliphatic carbocycles. The van der Waals surface area contributed by atoms with E-state index in [0.29, 0.717) is 18.7 Å². The molecule has 2 atom stereocenters. The first-order chi connectivity index (χ1) is 11.9. The summed E-state index contributed by atoms with van der Waals surface area (Å²) >= 11 is 0. The molecule has 1 saturated heterocycles. The second kappa shape index (κ2) is 6.72. The lowest BCUT2D eigenvalue weighted by Gasteiger charge is -2.20. The zero-order chi connectivity index (χ0) is 18.1. The van der Waals surface area contributed by atoms with E-state index in [1.165, 1.54) is 10.6 Å². The number of nitrogens with one attached hydrogen (secondary N) is 1. The van der Waals surface area contributed by atoms with Gasteiger partial charge < -0.3 is 19.7 Å². The van der Waals surface area contributed by atoms with E-state index in [1.54, 1.807) is 17.8 Å². The predicted octanol–water partition coefficient (Wildman–Crippen LogP) is 0.551. The zero-order valence-corrected chi connectivity index (χ0v) is 14.5. The van der Waals surface area contributed by atoms with Crippen LogP contribution in [0.5, 0.6) is 5.75 Å². The van der Waals surface area contributed by atoms with Crippen LogP contribution >= 0.6 is 0 Å². The summed E-state index contributed by atoms with van der Waals surface area (Å²) < 4.78 is 8.89. The molecule has 0 saturated carbocycles. The van der Waals surface area contributed by atoms with Crippen molar-refractivity contribution in [3.05, 3.63) is 45.6 Å². The molecule has 25 heavy (non-hydrogen) atoms. The molecule has 0 radical (unpaired) electrons. The Morgan fingerprint density at radius 3 is 2.84 bits per heavy atom. The van der Waals surface area contributed by atoms with Crippen LogP contribution < -0.4 is 10.9 Å². The van der Waals surface area contributed by atoms with Gasteiger partial charge in [-0.3, -0.25) is 14.3 Å². The number of aryl methyl sites for hydroxylation is 2. The number of amides is 1. The normalized spacial score (nSPS) is 20.0. The molecule has 0 aromatic carbocycles. The van der Waals surface area contributed by atoms with Crippen LogP contribution in [0.3, 0.4) is 0 Å². The van der Waals surface area contributed by atoms with Gasteiger partial charge in [0.2, 0.25) is 5.91 Å². The Hall–Kier alpha value is -2.61. The standard InChI is InChI=1S/C17H22N4O4/c1-10-6-12(22)7-16(24)21(10)9-15(23)19-14-4-5-25-17(14)13-8-18-20(3)11(13)2/h6-8,14,17,22H,4-5,9H2,1-3H3,(H,19,23)/t14-,17+/m0/s1. The maximum atomic E-state index is 12.4. The zero-order valence-electron chi connectivity index (χ0n) is 14.5. The molecule has 2 aromatic rings. The van der Waals surface area contributed by atoms with Crippen LogP contribution in [0.1, 0.15) is 29.5 Å². The van der Waals surface area contributed by atoms with Gasteiger partial charge in [-0.05, 0) is 26.3 Å². The van der Waals surface area contributed by atoms with Crippen molar-refractivity contribution < 1.29 is 14.6 Å². The van der Waals surface area contributed by atoms with E-state index in [2.05, 4.69) is 10.4 Å². The third-order valence-corrected chi connectivity index (χ3v) is 4.64. The number of rotatable bonds is 4. The van der Waals surface area contributed by atoms with Crippen molar-refractivity contribution >= 4 is 5.91 Å². The molecular formula is C17H22N4O4. The summed E-state index contributed by atoms with van der Waals surface area (Å²) in [6, 6.07) is 2.39. The van der Waals surface area contributed by atoms with E-state index in [1.807, 2.05) is 14.0 Å². The summed E-state index contributed by atoms with van der Waals surface area (Å²) in [5, 5.41) is 16.6. The van der Waals surface area contributed by atoms with Gasteiger partial charge in [0.25, 0.3) is 5.56 Å². The lowest BCUT2D eigenvalue weighted by Crippen LogP contribution is -2.40. The number of carbonyl (C=O) groups is 1. The Balaban J connectivity index is 1.72. The molecule has 1 aliphatic rings. The molecule has 1 aliphatic heterocycles. The van der Waals surface area contributed by atoms with Crippen molar-refractivity contribution in [3.63, 3.8) is 0 Å². The topological polar surface area (TPSA) is 98.4 Å². The molecule has 0 spiro atoms. The fourth-order valence-electron chi connectivity index (χ4n) is 3.15. The predicted molar refractivity (Wildman–Crippen MR) is 90.3 cm³/mol. The van der Waals surface area contributed by atoms with Crippen LogP contribution in [0.25, 0.3) is 0 Å². The lowest BCUT2D eigenvalue weighted by molar-refractivity contribution is -0.122. The van der Waals surface area contributed by atoms with Crippen molar-refractivity contribution in [1.82, 2.24) is 19.7 Å². The number of ether oxygens (including phenoxy) is 1. The Bertz CT molecular complexity index is 855. The van der Waals surface area contributed by atoms with Crippen molar-refractivity contribution in [2.45, 2.75) is 39.0 Å². The highest BCUT2D eigenvalue weighted by Gasteiger charge is 2.33. The first-order valence-electron chi connectivity index (χ1n) is 8.16. The van der Waals surface area contributed by atoms with Crippen LogP contribution in [0.2, 0.25) is 0 Å². The third kappa shape index (κ3) is 3.43. The van der Waals surface area contributed by atoms with Crippen molar-refractivity contribution in [2.24, 2.45) is 7.05 Å². The first kappa shape index (κ1) is 17.2. The van der Waals surface area contributed by atoms with Crippen LogP contribution in [-0.2, 0) is 23.1 Å². The summed E-state index contributed by atoms with van der Waals surface area (Å²) in [6.07, 6.45) is 2.23. The molecule has 0 unspecified atom stereocenters. The van der Waals surface area contributed by atoms with Gasteiger partial charge >= 0.3 is 0 Å². The fourth-order valence-corrected chi connectivity index (χ4v) is 3.15. The van der Waals surface area contributed by atoms with E-state index in [9.17, 15) is 14.7 Å². The molecule has 2 N–H and O–H groups in total. The maximum Gasteiger partial charge on any atom is 0.254 e. The highest BCUT2D eigenvalue weighted by molar-refractivity contribution is 5.76. The molecule has 1 amide bonds. The monoisotopic (exact) mass is 346 g/mol. The Kier molecular flexibility index (Phi) is 4.63. The average molecular weight is 346 g/mol. The van der Waals surface area contributed by atoms with Crippen LogP contribution in [0.15, 0.2) is 23.1 Å². The van der Waals surface area contributed by atoms with Crippen LogP contribution in [0, 0.1) is 13.8 Å². The van der Waals surface area contributed by atoms with Crippen LogP contribution in [-0.4, -0.2) is 38.0 Å². The average Bonchev–Trinajstić information content (AvgIpc) is 3.10. The van der Waals surface area contributed by atoms with Gasteiger partial charge in [0.15, 0.2) is 0 Å². The minimum atomic E-state index is -0.407. The molecule has 2 aromatic heterocycles. The molecule has 1 fully saturated rings. The molecule has 8 heteroatoms. The van der Waals surface area contributed by atoms with Crippen molar-refractivity contribution in [3.8, 4) is 5.75 Å². The number of nitrogens with zero attached hydrogens (tertiary/aromatic N) is 3. The maximum absolute atomic E-state index is 12.4. The summed E-state index contributed by atoms with van der Waals surface area (Å²) in [4.78, 5) is 24.4. The second-order valence-electron chi connectivity index (χ2n) is 6.34. The number of carbonyl (C=O) groups excluding carboxylic acids is 1. The van der Waals surface area contributed by atoms with Gasteiger partial charge in [0.05, 0.1) is 12.2 Å². The second-order valence-corrected chi connectivity index (χ2v) is 6.34. The fraction of sp³-hybridized carbons (Fsp3) is 0.471. The highest BCUT2D eigenvalue weighted by Crippen LogP contribution is 2.30. The van der Waals surface area contributed by atoms with E-state index in [0.717, 1.165) is 17.3 Å². The first-order valence-corrected chi connectivity index (χ1v) is 8.16. The Morgan fingerprint density at radius 2 is 2.20 bits per heavy atom. The quantitative estimate of drug-likeness (QED) is 0.842. The largest absolute Gasteiger partial charge is 0.508 e. The van der Waals surface area contributed by atoms with E-state index in [4.69, 9.17) is 4.74 Å². The van der Waals surface area contributed by atoms with Crippen molar-refractivity contribution in [1.29, 1.82) is 0 Å². The minimum absolute atomic E-state index is 0.0970. The molecule has 134 valence electrons. The van der Waals surface area contributed by atoms with Gasteiger partial charge in [0.1, 0.15) is 18.4 Å². The lowest BCUT2D eigenvalue weighted by atomic mass is 10.0. The Morgan fingerprint density at radius 1 is 1.44 bits per heavy atom. The SMILES string of the molecule is Cc1c([C@H]2OCC[C@@H]2NC(=O)Cn2c(C)cc(O)cc2=O)cnn1C. The van der Waals surface area contributed by atoms with E-state index >= 15 is 0 Å².